The molecule has 2 aromatic carbocycles. The van der Waals surface area contributed by atoms with Gasteiger partial charge in [0.2, 0.25) is 0 Å². The number of aromatic nitrogens is 2. The number of hydrogen-bond donors (Lipinski definition) is 0. The fraction of sp³-hybridized carbons (Fsp3) is 0.150. The molecule has 1 aromatic heterocycles. The number of amides is 1. The third kappa shape index (κ3) is 3.98. The maximum absolute atomic E-state index is 12.7. The van der Waals surface area contributed by atoms with Gasteiger partial charge in [0.05, 0.1) is 16.5 Å². The van der Waals surface area contributed by atoms with Crippen LogP contribution in [0.25, 0.3) is 11.4 Å². The molecule has 1 heterocycles. The van der Waals surface area contributed by atoms with Crippen molar-refractivity contribution >= 4 is 11.6 Å². The van der Waals surface area contributed by atoms with Crippen molar-refractivity contribution in [2.24, 2.45) is 0 Å². The third-order valence-corrected chi connectivity index (χ3v) is 4.40. The van der Waals surface area contributed by atoms with Gasteiger partial charge < -0.3 is 4.90 Å². The summed E-state index contributed by atoms with van der Waals surface area (Å²) in [5.74, 6) is 0.287. The smallest absolute Gasteiger partial charge is 0.269 e. The molecule has 7 nitrogen and oxygen atoms in total. The van der Waals surface area contributed by atoms with Gasteiger partial charge in [-0.1, -0.05) is 42.5 Å². The molecule has 1 atom stereocenters. The van der Waals surface area contributed by atoms with Crippen molar-refractivity contribution < 1.29 is 9.72 Å². The Bertz CT molecular complexity index is 958. The van der Waals surface area contributed by atoms with Gasteiger partial charge >= 0.3 is 0 Å². The van der Waals surface area contributed by atoms with E-state index in [1.54, 1.807) is 19.2 Å². The molecule has 0 N–H and O–H groups in total. The van der Waals surface area contributed by atoms with Gasteiger partial charge in [-0.05, 0) is 12.5 Å². The summed E-state index contributed by atoms with van der Waals surface area (Å²) in [5, 5.41) is 11.0. The zero-order valence-electron chi connectivity index (χ0n) is 14.9. The van der Waals surface area contributed by atoms with Crippen LogP contribution in [0.1, 0.15) is 28.9 Å². The lowest BCUT2D eigenvalue weighted by Crippen LogP contribution is -2.29. The number of nitro benzene ring substituents is 1. The molecule has 0 aliphatic rings. The summed E-state index contributed by atoms with van der Waals surface area (Å²) in [6.07, 6.45) is 2.99. The highest BCUT2D eigenvalue weighted by Gasteiger charge is 2.21. The van der Waals surface area contributed by atoms with Crippen LogP contribution in [0.2, 0.25) is 0 Å². The number of rotatable bonds is 5. The van der Waals surface area contributed by atoms with E-state index >= 15 is 0 Å². The first kappa shape index (κ1) is 18.2. The van der Waals surface area contributed by atoms with Crippen molar-refractivity contribution in [3.63, 3.8) is 0 Å². The predicted octanol–water partition coefficient (Wildman–Crippen LogP) is 3.89. The Morgan fingerprint density at radius 1 is 1.07 bits per heavy atom. The topological polar surface area (TPSA) is 89.2 Å². The average molecular weight is 362 g/mol. The minimum atomic E-state index is -0.450. The summed E-state index contributed by atoms with van der Waals surface area (Å²) in [7, 11) is 1.65. The van der Waals surface area contributed by atoms with Crippen molar-refractivity contribution in [2.75, 3.05) is 7.05 Å². The van der Waals surface area contributed by atoms with E-state index in [0.717, 1.165) is 5.56 Å². The van der Waals surface area contributed by atoms with Crippen LogP contribution in [-0.2, 0) is 0 Å². The van der Waals surface area contributed by atoms with E-state index in [0.29, 0.717) is 17.0 Å². The van der Waals surface area contributed by atoms with Crippen LogP contribution >= 0.6 is 0 Å². The molecule has 0 saturated carbocycles. The van der Waals surface area contributed by atoms with E-state index < -0.39 is 4.92 Å². The Morgan fingerprint density at radius 3 is 2.37 bits per heavy atom. The molecule has 0 radical (unpaired) electrons. The minimum absolute atomic E-state index is 0.00394. The van der Waals surface area contributed by atoms with E-state index in [1.807, 2.05) is 37.3 Å². The first-order chi connectivity index (χ1) is 13.0. The summed E-state index contributed by atoms with van der Waals surface area (Å²) in [5.41, 5.74) is 1.90. The molecule has 3 rings (SSSR count). The van der Waals surface area contributed by atoms with E-state index in [-0.39, 0.29) is 17.6 Å². The highest BCUT2D eigenvalue weighted by molar-refractivity contribution is 5.93. The van der Waals surface area contributed by atoms with Crippen LogP contribution in [0.5, 0.6) is 0 Å². The number of non-ortho nitro benzene ring substituents is 1. The normalized spacial score (nSPS) is 11.6. The van der Waals surface area contributed by atoms with E-state index in [2.05, 4.69) is 9.97 Å². The number of nitro groups is 1. The van der Waals surface area contributed by atoms with Crippen molar-refractivity contribution in [2.45, 2.75) is 13.0 Å². The van der Waals surface area contributed by atoms with Crippen molar-refractivity contribution in [3.8, 4) is 11.4 Å². The van der Waals surface area contributed by atoms with Crippen LogP contribution < -0.4 is 0 Å². The summed E-state index contributed by atoms with van der Waals surface area (Å²) in [6, 6.07) is 15.4. The van der Waals surface area contributed by atoms with Crippen LogP contribution in [0.15, 0.2) is 67.0 Å². The zero-order chi connectivity index (χ0) is 19.4. The average Bonchev–Trinajstić information content (AvgIpc) is 2.73. The van der Waals surface area contributed by atoms with Crippen LogP contribution in [0.4, 0.5) is 5.69 Å². The Morgan fingerprint density at radius 2 is 1.74 bits per heavy atom. The molecule has 0 fully saturated rings. The van der Waals surface area contributed by atoms with Crippen molar-refractivity contribution in [1.29, 1.82) is 0 Å². The van der Waals surface area contributed by atoms with Gasteiger partial charge in [0.1, 0.15) is 0 Å². The molecular weight excluding hydrogens is 344 g/mol. The van der Waals surface area contributed by atoms with E-state index in [1.165, 1.54) is 29.4 Å². The number of hydrogen-bond acceptors (Lipinski definition) is 5. The van der Waals surface area contributed by atoms with Gasteiger partial charge in [-0.15, -0.1) is 0 Å². The van der Waals surface area contributed by atoms with Gasteiger partial charge in [-0.25, -0.2) is 9.97 Å². The highest BCUT2D eigenvalue weighted by Crippen LogP contribution is 2.24. The molecule has 7 heteroatoms. The minimum Gasteiger partial charge on any atom is -0.335 e. The van der Waals surface area contributed by atoms with Gasteiger partial charge in [-0.2, -0.15) is 0 Å². The molecular formula is C20H18N4O3. The van der Waals surface area contributed by atoms with Crippen LogP contribution in [0, 0.1) is 10.1 Å². The van der Waals surface area contributed by atoms with Gasteiger partial charge in [0.15, 0.2) is 5.82 Å². The lowest BCUT2D eigenvalue weighted by Gasteiger charge is -2.25. The van der Waals surface area contributed by atoms with Crippen molar-refractivity contribution in [1.82, 2.24) is 14.9 Å². The summed E-state index contributed by atoms with van der Waals surface area (Å²) >= 11 is 0. The van der Waals surface area contributed by atoms with Gasteiger partial charge in [-0.3, -0.25) is 14.9 Å². The maximum atomic E-state index is 12.7. The second-order valence-electron chi connectivity index (χ2n) is 6.11. The van der Waals surface area contributed by atoms with Gasteiger partial charge in [0, 0.05) is 37.1 Å². The SMILES string of the molecule is C[C@@H](c1cccc([N+](=O)[O-])c1)N(C)C(=O)c1cnc(-c2ccccc2)nc1. The Hall–Kier alpha value is -3.61. The molecule has 3 aromatic rings. The molecule has 0 aliphatic heterocycles. The fourth-order valence-corrected chi connectivity index (χ4v) is 2.68. The Labute approximate surface area is 156 Å². The highest BCUT2D eigenvalue weighted by atomic mass is 16.6. The quantitative estimate of drug-likeness (QED) is 0.507. The van der Waals surface area contributed by atoms with Crippen LogP contribution in [-0.4, -0.2) is 32.7 Å². The summed E-state index contributed by atoms with van der Waals surface area (Å²) in [4.78, 5) is 33.3. The van der Waals surface area contributed by atoms with Crippen molar-refractivity contribution in [3.05, 3.63) is 88.2 Å². The molecule has 0 spiro atoms. The first-order valence-electron chi connectivity index (χ1n) is 8.36. The number of carbonyl (C=O) groups excluding carboxylic acids is 1. The molecule has 136 valence electrons. The third-order valence-electron chi connectivity index (χ3n) is 4.40. The molecule has 0 aliphatic carbocycles. The number of carbonyl (C=O) groups is 1. The summed E-state index contributed by atoms with van der Waals surface area (Å²) < 4.78 is 0. The molecule has 0 unspecified atom stereocenters. The second kappa shape index (κ2) is 7.74. The number of benzene rings is 2. The Kier molecular flexibility index (Phi) is 5.21. The largest absolute Gasteiger partial charge is 0.335 e. The molecule has 0 saturated heterocycles. The van der Waals surface area contributed by atoms with E-state index in [4.69, 9.17) is 0 Å². The fourth-order valence-electron chi connectivity index (χ4n) is 2.68. The zero-order valence-corrected chi connectivity index (χ0v) is 14.9. The first-order valence-corrected chi connectivity index (χ1v) is 8.36. The van der Waals surface area contributed by atoms with Gasteiger partial charge in [0.25, 0.3) is 11.6 Å². The second-order valence-corrected chi connectivity index (χ2v) is 6.11. The van der Waals surface area contributed by atoms with Crippen LogP contribution in [0.3, 0.4) is 0 Å². The molecule has 0 bridgehead atoms. The standard InChI is InChI=1S/C20H18N4O3/c1-14(16-9-6-10-18(11-16)24(26)27)23(2)20(25)17-12-21-19(22-13-17)15-7-4-3-5-8-15/h3-14H,1-2H3/t14-/m0/s1. The number of nitrogens with zero attached hydrogens (tertiary/aromatic N) is 4. The predicted molar refractivity (Wildman–Crippen MR) is 101 cm³/mol. The summed E-state index contributed by atoms with van der Waals surface area (Å²) in [6.45, 7) is 1.82. The monoisotopic (exact) mass is 362 g/mol. The van der Waals surface area contributed by atoms with E-state index in [9.17, 15) is 14.9 Å². The lowest BCUT2D eigenvalue weighted by molar-refractivity contribution is -0.384. The Balaban J connectivity index is 1.78. The maximum Gasteiger partial charge on any atom is 0.269 e. The molecule has 27 heavy (non-hydrogen) atoms. The molecule has 1 amide bonds. The lowest BCUT2D eigenvalue weighted by atomic mass is 10.1.